The summed E-state index contributed by atoms with van der Waals surface area (Å²) in [6, 6.07) is 5.87. The Kier molecular flexibility index (Phi) is 10.5. The molecule has 0 saturated heterocycles. The fourth-order valence-corrected chi connectivity index (χ4v) is 3.23. The molecule has 0 spiro atoms. The van der Waals surface area contributed by atoms with Gasteiger partial charge >= 0.3 is 0 Å². The molecule has 0 aliphatic rings. The van der Waals surface area contributed by atoms with Crippen LogP contribution in [-0.4, -0.2) is 50.2 Å². The number of nitrogens with one attached hydrogen (secondary N) is 1. The van der Waals surface area contributed by atoms with E-state index in [9.17, 15) is 0 Å². The summed E-state index contributed by atoms with van der Waals surface area (Å²) in [6.07, 6.45) is 0.846. The van der Waals surface area contributed by atoms with Crippen molar-refractivity contribution < 1.29 is 9.47 Å². The maximum Gasteiger partial charge on any atom is 0.193 e. The Balaban J connectivity index is 0.00000364. The van der Waals surface area contributed by atoms with Gasteiger partial charge in [-0.15, -0.1) is 35.3 Å². The number of aliphatic imine (C=N–C) groups is 1. The number of aromatic nitrogens is 1. The number of hydrogen-bond donors (Lipinski definition) is 1. The zero-order chi connectivity index (χ0) is 18.9. The number of halogens is 1. The fourth-order valence-electron chi connectivity index (χ4n) is 2.58. The van der Waals surface area contributed by atoms with Crippen molar-refractivity contribution in [3.63, 3.8) is 0 Å². The fraction of sp³-hybridized carbons (Fsp3) is 0.474. The quantitative estimate of drug-likeness (QED) is 0.338. The molecule has 1 heterocycles. The molecular formula is C19H29IN4O2S. The maximum absolute atomic E-state index is 5.50. The third kappa shape index (κ3) is 7.17. The lowest BCUT2D eigenvalue weighted by atomic mass is 10.2. The molecule has 0 atom stereocenters. The van der Waals surface area contributed by atoms with Crippen LogP contribution in [0, 0.1) is 6.92 Å². The molecule has 1 N–H and O–H groups in total. The van der Waals surface area contributed by atoms with Crippen LogP contribution in [0.2, 0.25) is 0 Å². The Bertz CT molecular complexity index is 736. The molecule has 150 valence electrons. The van der Waals surface area contributed by atoms with Gasteiger partial charge < -0.3 is 19.7 Å². The number of thiazole rings is 1. The van der Waals surface area contributed by atoms with Crippen LogP contribution in [0.15, 0.2) is 28.6 Å². The lowest BCUT2D eigenvalue weighted by molar-refractivity contribution is 0.382. The first-order chi connectivity index (χ1) is 12.6. The van der Waals surface area contributed by atoms with Gasteiger partial charge in [0.05, 0.1) is 24.9 Å². The molecule has 0 radical (unpaired) electrons. The summed E-state index contributed by atoms with van der Waals surface area (Å²) in [5, 5.41) is 6.54. The van der Waals surface area contributed by atoms with Crippen LogP contribution < -0.4 is 14.8 Å². The normalized spacial score (nSPS) is 10.9. The molecule has 0 amide bonds. The molecule has 8 heteroatoms. The molecule has 6 nitrogen and oxygen atoms in total. The molecule has 0 aliphatic carbocycles. The van der Waals surface area contributed by atoms with Gasteiger partial charge in [0.25, 0.3) is 0 Å². The van der Waals surface area contributed by atoms with Crippen molar-refractivity contribution in [3.8, 4) is 11.5 Å². The first kappa shape index (κ1) is 23.5. The number of aryl methyl sites for hydroxylation is 1. The molecule has 0 unspecified atom stereocenters. The van der Waals surface area contributed by atoms with E-state index in [1.165, 1.54) is 0 Å². The highest BCUT2D eigenvalue weighted by atomic mass is 127. The average molecular weight is 504 g/mol. The van der Waals surface area contributed by atoms with Crippen LogP contribution >= 0.6 is 35.3 Å². The minimum Gasteiger partial charge on any atom is -0.497 e. The van der Waals surface area contributed by atoms with Crippen molar-refractivity contribution in [2.45, 2.75) is 26.8 Å². The van der Waals surface area contributed by atoms with Crippen LogP contribution in [0.1, 0.15) is 23.2 Å². The lowest BCUT2D eigenvalue weighted by Crippen LogP contribution is -2.38. The van der Waals surface area contributed by atoms with E-state index in [1.54, 1.807) is 25.6 Å². The number of benzene rings is 1. The van der Waals surface area contributed by atoms with Crippen molar-refractivity contribution in [2.75, 3.05) is 34.4 Å². The summed E-state index contributed by atoms with van der Waals surface area (Å²) in [6.45, 7) is 6.31. The van der Waals surface area contributed by atoms with Crippen molar-refractivity contribution >= 4 is 41.3 Å². The zero-order valence-electron chi connectivity index (χ0n) is 16.6. The van der Waals surface area contributed by atoms with Gasteiger partial charge in [0, 0.05) is 50.1 Å². The maximum atomic E-state index is 5.50. The van der Waals surface area contributed by atoms with E-state index in [1.807, 2.05) is 32.2 Å². The summed E-state index contributed by atoms with van der Waals surface area (Å²) >= 11 is 1.68. The monoisotopic (exact) mass is 504 g/mol. The number of methoxy groups -OCH3 is 2. The topological polar surface area (TPSA) is 59.0 Å². The highest BCUT2D eigenvalue weighted by molar-refractivity contribution is 14.0. The highest BCUT2D eigenvalue weighted by Crippen LogP contribution is 2.25. The summed E-state index contributed by atoms with van der Waals surface area (Å²) in [5.74, 6) is 2.47. The number of ether oxygens (including phenoxy) is 2. The van der Waals surface area contributed by atoms with Gasteiger partial charge in [-0.25, -0.2) is 4.98 Å². The largest absolute Gasteiger partial charge is 0.497 e. The van der Waals surface area contributed by atoms with E-state index in [2.05, 4.69) is 27.5 Å². The Morgan fingerprint density at radius 3 is 2.67 bits per heavy atom. The predicted octanol–water partition coefficient (Wildman–Crippen LogP) is 3.73. The van der Waals surface area contributed by atoms with E-state index in [4.69, 9.17) is 14.5 Å². The average Bonchev–Trinajstić information content (AvgIpc) is 3.06. The van der Waals surface area contributed by atoms with Crippen LogP contribution in [0.3, 0.4) is 0 Å². The molecule has 2 aromatic rings. The Morgan fingerprint density at radius 2 is 2.07 bits per heavy atom. The first-order valence-electron chi connectivity index (χ1n) is 8.68. The van der Waals surface area contributed by atoms with E-state index in [0.29, 0.717) is 13.1 Å². The number of guanidine groups is 1. The number of rotatable bonds is 8. The third-order valence-corrected chi connectivity index (χ3v) is 4.72. The SMILES string of the molecule is CCNC(=NCCc1csc(C)n1)N(C)Cc1ccc(OC)cc1OC.I. The smallest absolute Gasteiger partial charge is 0.193 e. The van der Waals surface area contributed by atoms with E-state index in [0.717, 1.165) is 46.7 Å². The van der Waals surface area contributed by atoms with Crippen LogP contribution in [0.4, 0.5) is 0 Å². The van der Waals surface area contributed by atoms with Gasteiger partial charge in [-0.05, 0) is 26.0 Å². The molecule has 0 saturated carbocycles. The second-order valence-corrected chi connectivity index (χ2v) is 6.94. The molecule has 1 aromatic carbocycles. The molecule has 27 heavy (non-hydrogen) atoms. The molecule has 2 rings (SSSR count). The van der Waals surface area contributed by atoms with Gasteiger partial charge in [0.15, 0.2) is 5.96 Å². The Labute approximate surface area is 183 Å². The minimum atomic E-state index is 0. The molecule has 1 aromatic heterocycles. The predicted molar refractivity (Wildman–Crippen MR) is 123 cm³/mol. The molecule has 0 aliphatic heterocycles. The van der Waals surface area contributed by atoms with Gasteiger partial charge in [0.1, 0.15) is 11.5 Å². The standard InChI is InChI=1S/C19H28N4O2S.HI/c1-6-20-19(21-10-9-16-13-26-14(2)22-16)23(3)12-15-7-8-17(24-4)11-18(15)25-5;/h7-8,11,13H,6,9-10,12H2,1-5H3,(H,20,21);1H. The summed E-state index contributed by atoms with van der Waals surface area (Å²) < 4.78 is 10.8. The molecule has 0 bridgehead atoms. The first-order valence-corrected chi connectivity index (χ1v) is 9.56. The van der Waals surface area contributed by atoms with Crippen molar-refractivity contribution in [1.29, 1.82) is 0 Å². The minimum absolute atomic E-state index is 0. The summed E-state index contributed by atoms with van der Waals surface area (Å²) in [7, 11) is 5.35. The second kappa shape index (κ2) is 12.0. The summed E-state index contributed by atoms with van der Waals surface area (Å²) in [4.78, 5) is 11.3. The number of hydrogen-bond acceptors (Lipinski definition) is 5. The summed E-state index contributed by atoms with van der Waals surface area (Å²) in [5.41, 5.74) is 2.18. The van der Waals surface area contributed by atoms with E-state index < -0.39 is 0 Å². The Morgan fingerprint density at radius 1 is 1.30 bits per heavy atom. The highest BCUT2D eigenvalue weighted by Gasteiger charge is 2.11. The van der Waals surface area contributed by atoms with Crippen molar-refractivity contribution in [3.05, 3.63) is 39.8 Å². The second-order valence-electron chi connectivity index (χ2n) is 5.88. The van der Waals surface area contributed by atoms with Gasteiger partial charge in [-0.2, -0.15) is 0 Å². The van der Waals surface area contributed by atoms with E-state index in [-0.39, 0.29) is 24.0 Å². The van der Waals surface area contributed by atoms with Crippen molar-refractivity contribution in [1.82, 2.24) is 15.2 Å². The van der Waals surface area contributed by atoms with Gasteiger partial charge in [-0.3, -0.25) is 4.99 Å². The zero-order valence-corrected chi connectivity index (χ0v) is 19.8. The molecular weight excluding hydrogens is 475 g/mol. The van der Waals surface area contributed by atoms with Crippen LogP contribution in [0.5, 0.6) is 11.5 Å². The van der Waals surface area contributed by atoms with E-state index >= 15 is 0 Å². The van der Waals surface area contributed by atoms with Gasteiger partial charge in [-0.1, -0.05) is 0 Å². The van der Waals surface area contributed by atoms with Crippen LogP contribution in [-0.2, 0) is 13.0 Å². The third-order valence-electron chi connectivity index (χ3n) is 3.89. The van der Waals surface area contributed by atoms with Crippen LogP contribution in [0.25, 0.3) is 0 Å². The van der Waals surface area contributed by atoms with Crippen molar-refractivity contribution in [2.24, 2.45) is 4.99 Å². The van der Waals surface area contributed by atoms with Gasteiger partial charge in [0.2, 0.25) is 0 Å². The Hall–Kier alpha value is -1.55. The number of nitrogens with zero attached hydrogens (tertiary/aromatic N) is 3. The lowest BCUT2D eigenvalue weighted by Gasteiger charge is -2.23. The molecule has 0 fully saturated rings.